The van der Waals surface area contributed by atoms with Gasteiger partial charge in [-0.15, -0.1) is 4.91 Å². The Morgan fingerprint density at radius 1 is 1.78 bits per heavy atom. The van der Waals surface area contributed by atoms with Crippen molar-refractivity contribution in [2.24, 2.45) is 5.18 Å². The number of thiazole rings is 1. The van der Waals surface area contributed by atoms with Crippen LogP contribution < -0.4 is 10.7 Å². The van der Waals surface area contributed by atoms with Gasteiger partial charge >= 0.3 is 5.13 Å². The van der Waals surface area contributed by atoms with Crippen LogP contribution in [0.15, 0.2) is 5.18 Å². The average Bonchev–Trinajstić information content (AvgIpc) is 2.10. The van der Waals surface area contributed by atoms with Crippen LogP contribution in [0.3, 0.4) is 0 Å². The van der Waals surface area contributed by atoms with E-state index in [1.54, 1.807) is 6.92 Å². The zero-order valence-corrected chi connectivity index (χ0v) is 5.66. The number of aryl methyl sites for hydroxylation is 1. The molecule has 0 fully saturated rings. The summed E-state index contributed by atoms with van der Waals surface area (Å²) in [5.41, 5.74) is 6.05. The largest absolute Gasteiger partial charge is 0.331 e. The fourth-order valence-electron chi connectivity index (χ4n) is 0.532. The molecular weight excluding hydrogens is 138 g/mol. The van der Waals surface area contributed by atoms with Gasteiger partial charge in [-0.25, -0.2) is 4.98 Å². The van der Waals surface area contributed by atoms with Gasteiger partial charge in [-0.2, -0.15) is 0 Å². The Labute approximate surface area is 55.7 Å². The number of anilines is 1. The van der Waals surface area contributed by atoms with E-state index in [9.17, 15) is 4.91 Å². The number of nitrogens with one attached hydrogen (secondary N) is 1. The van der Waals surface area contributed by atoms with Gasteiger partial charge in [-0.05, 0) is 16.5 Å². The Bertz CT molecular complexity index is 232. The molecule has 0 spiro atoms. The number of rotatable bonds is 1. The zero-order chi connectivity index (χ0) is 6.85. The van der Waals surface area contributed by atoms with Crippen molar-refractivity contribution in [1.29, 1.82) is 0 Å². The molecule has 0 aliphatic rings. The number of aromatic nitrogens is 1. The van der Waals surface area contributed by atoms with Gasteiger partial charge < -0.3 is 0 Å². The van der Waals surface area contributed by atoms with Gasteiger partial charge in [0.05, 0.1) is 0 Å². The minimum atomic E-state index is 0.424. The second-order valence-electron chi connectivity index (χ2n) is 1.61. The van der Waals surface area contributed by atoms with E-state index >= 15 is 0 Å². The molecule has 0 saturated carbocycles. The van der Waals surface area contributed by atoms with Gasteiger partial charge in [-0.1, -0.05) is 0 Å². The first-order valence-electron chi connectivity index (χ1n) is 2.35. The third-order valence-corrected chi connectivity index (χ3v) is 1.82. The van der Waals surface area contributed by atoms with Gasteiger partial charge in [0.2, 0.25) is 5.00 Å². The van der Waals surface area contributed by atoms with Crippen LogP contribution in [0.25, 0.3) is 0 Å². The van der Waals surface area contributed by atoms with Crippen LogP contribution in [0.4, 0.5) is 10.1 Å². The third kappa shape index (κ3) is 1.05. The van der Waals surface area contributed by atoms with Crippen LogP contribution in [0, 0.1) is 11.8 Å². The highest BCUT2D eigenvalue weighted by atomic mass is 32.1. The molecule has 5 heteroatoms. The standard InChI is InChI=1S/C4H5N3OS/c1-2-3(7-8)9-4(5)6-2/h1H3,(H2,5,6)/p+1. The lowest BCUT2D eigenvalue weighted by Crippen LogP contribution is -2.06. The summed E-state index contributed by atoms with van der Waals surface area (Å²) in [6.07, 6.45) is 0. The number of nitrogens with two attached hydrogens (primary N) is 1. The molecule has 1 heterocycles. The van der Waals surface area contributed by atoms with E-state index in [1.807, 2.05) is 0 Å². The molecule has 9 heavy (non-hydrogen) atoms. The molecular formula is C4H6N3OS+. The predicted molar refractivity (Wildman–Crippen MR) is 35.5 cm³/mol. The normalized spacial score (nSPS) is 9.44. The third-order valence-electron chi connectivity index (χ3n) is 0.921. The van der Waals surface area contributed by atoms with Crippen LogP contribution in [0.1, 0.15) is 5.69 Å². The van der Waals surface area contributed by atoms with Crippen molar-refractivity contribution < 1.29 is 4.98 Å². The second-order valence-corrected chi connectivity index (χ2v) is 2.64. The average molecular weight is 144 g/mol. The fraction of sp³-hybridized carbons (Fsp3) is 0.250. The number of hydrogen-bond acceptors (Lipinski definition) is 4. The Hall–Kier alpha value is -0.970. The van der Waals surface area contributed by atoms with Crippen molar-refractivity contribution in [1.82, 2.24) is 0 Å². The number of aromatic amines is 1. The van der Waals surface area contributed by atoms with Gasteiger partial charge in [0.15, 0.2) is 0 Å². The van der Waals surface area contributed by atoms with Crippen molar-refractivity contribution in [2.75, 3.05) is 5.73 Å². The highest BCUT2D eigenvalue weighted by Gasteiger charge is 2.08. The van der Waals surface area contributed by atoms with Crippen LogP contribution in [-0.2, 0) is 0 Å². The van der Waals surface area contributed by atoms with E-state index < -0.39 is 0 Å². The molecule has 0 atom stereocenters. The molecule has 1 aromatic heterocycles. The Kier molecular flexibility index (Phi) is 1.44. The Balaban J connectivity index is 3.15. The molecule has 0 aliphatic heterocycles. The summed E-state index contributed by atoms with van der Waals surface area (Å²) in [6.45, 7) is 1.75. The summed E-state index contributed by atoms with van der Waals surface area (Å²) >= 11 is 1.16. The van der Waals surface area contributed by atoms with Crippen molar-refractivity contribution in [3.8, 4) is 0 Å². The first kappa shape index (κ1) is 6.15. The SMILES string of the molecule is Cc1[nH+]c(N)sc1N=O. The molecule has 0 amide bonds. The number of nitrogen functional groups attached to an aromatic ring is 1. The molecule has 48 valence electrons. The van der Waals surface area contributed by atoms with E-state index in [4.69, 9.17) is 5.73 Å². The van der Waals surface area contributed by atoms with Crippen LogP contribution in [0.5, 0.6) is 0 Å². The first-order chi connectivity index (χ1) is 4.24. The smallest absolute Gasteiger partial charge is 0.278 e. The highest BCUT2D eigenvalue weighted by molar-refractivity contribution is 7.18. The Morgan fingerprint density at radius 2 is 2.44 bits per heavy atom. The first-order valence-corrected chi connectivity index (χ1v) is 3.17. The fourth-order valence-corrected chi connectivity index (χ4v) is 1.19. The van der Waals surface area contributed by atoms with E-state index in [2.05, 4.69) is 10.2 Å². The molecule has 0 bridgehead atoms. The molecule has 4 nitrogen and oxygen atoms in total. The summed E-state index contributed by atoms with van der Waals surface area (Å²) in [7, 11) is 0. The van der Waals surface area contributed by atoms with Crippen molar-refractivity contribution in [3.63, 3.8) is 0 Å². The van der Waals surface area contributed by atoms with Gasteiger partial charge in [0, 0.05) is 6.92 Å². The van der Waals surface area contributed by atoms with Gasteiger partial charge in [0.25, 0.3) is 0 Å². The van der Waals surface area contributed by atoms with Crippen LogP contribution in [-0.4, -0.2) is 0 Å². The summed E-state index contributed by atoms with van der Waals surface area (Å²) in [5, 5.41) is 3.69. The van der Waals surface area contributed by atoms with E-state index in [-0.39, 0.29) is 0 Å². The lowest BCUT2D eigenvalue weighted by Gasteiger charge is -1.72. The Morgan fingerprint density at radius 3 is 2.67 bits per heavy atom. The molecule has 0 aromatic carbocycles. The van der Waals surface area contributed by atoms with E-state index in [0.29, 0.717) is 10.1 Å². The number of H-pyrrole nitrogens is 1. The minimum absolute atomic E-state index is 0.424. The summed E-state index contributed by atoms with van der Waals surface area (Å²) in [6, 6.07) is 0. The quantitative estimate of drug-likeness (QED) is 0.593. The number of nitrogens with zero attached hydrogens (tertiary/aromatic N) is 1. The lowest BCUT2D eigenvalue weighted by atomic mass is 10.5. The molecule has 0 saturated heterocycles. The molecule has 0 aliphatic carbocycles. The summed E-state index contributed by atoms with van der Waals surface area (Å²) < 4.78 is 0. The maximum absolute atomic E-state index is 9.93. The highest BCUT2D eigenvalue weighted by Crippen LogP contribution is 2.24. The summed E-state index contributed by atoms with van der Waals surface area (Å²) in [4.78, 5) is 12.7. The molecule has 1 aromatic rings. The van der Waals surface area contributed by atoms with Gasteiger partial charge in [0.1, 0.15) is 5.69 Å². The zero-order valence-electron chi connectivity index (χ0n) is 4.84. The molecule has 3 N–H and O–H groups in total. The molecule has 1 rings (SSSR count). The van der Waals surface area contributed by atoms with Crippen molar-refractivity contribution >= 4 is 21.5 Å². The lowest BCUT2D eigenvalue weighted by molar-refractivity contribution is -0.363. The van der Waals surface area contributed by atoms with Crippen molar-refractivity contribution in [3.05, 3.63) is 10.6 Å². The molecule has 0 radical (unpaired) electrons. The number of hydrogen-bond donors (Lipinski definition) is 1. The van der Waals surface area contributed by atoms with Crippen molar-refractivity contribution in [2.45, 2.75) is 6.92 Å². The van der Waals surface area contributed by atoms with Gasteiger partial charge in [-0.3, -0.25) is 5.73 Å². The van der Waals surface area contributed by atoms with Crippen LogP contribution in [0.2, 0.25) is 0 Å². The monoisotopic (exact) mass is 144 g/mol. The maximum atomic E-state index is 9.93. The second kappa shape index (κ2) is 2.10. The maximum Gasteiger partial charge on any atom is 0.331 e. The molecule has 0 unspecified atom stereocenters. The summed E-state index contributed by atoms with van der Waals surface area (Å²) in [5.74, 6) is 0. The topological polar surface area (TPSA) is 69.6 Å². The van der Waals surface area contributed by atoms with E-state index in [0.717, 1.165) is 17.0 Å². The number of nitroso groups, excluding NO2 is 1. The van der Waals surface area contributed by atoms with E-state index in [1.165, 1.54) is 0 Å². The predicted octanol–water partition coefficient (Wildman–Crippen LogP) is 0.851. The minimum Gasteiger partial charge on any atom is -0.278 e. The van der Waals surface area contributed by atoms with Crippen LogP contribution >= 0.6 is 11.3 Å².